The zero-order valence-electron chi connectivity index (χ0n) is 20.1. The highest BCUT2D eigenvalue weighted by atomic mass is 16.5. The fourth-order valence-electron chi connectivity index (χ4n) is 5.40. The van der Waals surface area contributed by atoms with E-state index in [9.17, 15) is 9.90 Å². The lowest BCUT2D eigenvalue weighted by Crippen LogP contribution is -2.63. The molecule has 8 heteroatoms. The number of benzene rings is 1. The summed E-state index contributed by atoms with van der Waals surface area (Å²) in [6.07, 6.45) is 3.75. The topological polar surface area (TPSA) is 104 Å². The second-order valence-corrected chi connectivity index (χ2v) is 10.3. The third-order valence-corrected chi connectivity index (χ3v) is 7.29. The van der Waals surface area contributed by atoms with Gasteiger partial charge in [0, 0.05) is 55.0 Å². The lowest BCUT2D eigenvalue weighted by molar-refractivity contribution is -0.127. The molecule has 2 aromatic heterocycles. The number of amides is 1. The number of carbonyl (C=O) groups is 1. The number of nitrogens with one attached hydrogen (secondary N) is 1. The smallest absolute Gasteiger partial charge is 0.232 e. The Labute approximate surface area is 199 Å². The van der Waals surface area contributed by atoms with Crippen molar-refractivity contribution in [3.05, 3.63) is 65.3 Å². The number of nitrogens with zero attached hydrogens (tertiary/aromatic N) is 4. The van der Waals surface area contributed by atoms with Crippen molar-refractivity contribution in [2.75, 3.05) is 26.7 Å². The first-order chi connectivity index (χ1) is 16.2. The molecule has 2 aliphatic heterocycles. The van der Waals surface area contributed by atoms with E-state index in [1.165, 1.54) is 5.56 Å². The predicted octanol–water partition coefficient (Wildman–Crippen LogP) is 3.05. The molecular formula is C26H31N5O3. The summed E-state index contributed by atoms with van der Waals surface area (Å²) in [6, 6.07) is 10.1. The van der Waals surface area contributed by atoms with E-state index < -0.39 is 5.60 Å². The predicted molar refractivity (Wildman–Crippen MR) is 127 cm³/mol. The highest BCUT2D eigenvalue weighted by molar-refractivity contribution is 5.79. The summed E-state index contributed by atoms with van der Waals surface area (Å²) in [5.74, 6) is 1.12. The third-order valence-electron chi connectivity index (χ3n) is 7.29. The SMILES string of the molecule is CC(C)c1ccc([C@](O)(c2cncc(-c3noc(C4CNC(=O)C4)n3)c2)C2(C)CN(C)C2)cc1. The Morgan fingerprint density at radius 1 is 1.21 bits per heavy atom. The maximum atomic E-state index is 12.4. The lowest BCUT2D eigenvalue weighted by Gasteiger charge is -2.55. The number of carbonyl (C=O) groups excluding carboxylic acids is 1. The molecule has 0 aliphatic carbocycles. The van der Waals surface area contributed by atoms with Gasteiger partial charge in [-0.15, -0.1) is 0 Å². The normalized spacial score (nSPS) is 21.8. The first kappa shape index (κ1) is 22.7. The van der Waals surface area contributed by atoms with Gasteiger partial charge >= 0.3 is 0 Å². The molecule has 1 unspecified atom stereocenters. The van der Waals surface area contributed by atoms with Crippen molar-refractivity contribution >= 4 is 5.91 Å². The summed E-state index contributed by atoms with van der Waals surface area (Å²) in [5.41, 5.74) is 1.80. The van der Waals surface area contributed by atoms with Gasteiger partial charge in [-0.2, -0.15) is 4.98 Å². The van der Waals surface area contributed by atoms with Gasteiger partial charge in [-0.05, 0) is 30.2 Å². The van der Waals surface area contributed by atoms with Crippen LogP contribution in [0.5, 0.6) is 0 Å². The monoisotopic (exact) mass is 461 g/mol. The zero-order valence-corrected chi connectivity index (χ0v) is 20.1. The number of aliphatic hydroxyl groups is 1. The van der Waals surface area contributed by atoms with E-state index in [1.54, 1.807) is 12.4 Å². The Morgan fingerprint density at radius 3 is 2.56 bits per heavy atom. The molecule has 8 nitrogen and oxygen atoms in total. The molecule has 2 atom stereocenters. The van der Waals surface area contributed by atoms with Crippen LogP contribution in [0.4, 0.5) is 0 Å². The molecule has 0 saturated carbocycles. The van der Waals surface area contributed by atoms with Crippen LogP contribution in [0.3, 0.4) is 0 Å². The highest BCUT2D eigenvalue weighted by Crippen LogP contribution is 2.50. The zero-order chi connectivity index (χ0) is 24.1. The summed E-state index contributed by atoms with van der Waals surface area (Å²) < 4.78 is 5.46. The van der Waals surface area contributed by atoms with Gasteiger partial charge in [0.15, 0.2) is 0 Å². The maximum Gasteiger partial charge on any atom is 0.232 e. The van der Waals surface area contributed by atoms with Gasteiger partial charge in [0.25, 0.3) is 0 Å². The van der Waals surface area contributed by atoms with Gasteiger partial charge in [-0.25, -0.2) is 0 Å². The summed E-state index contributed by atoms with van der Waals surface area (Å²) in [7, 11) is 2.06. The number of aromatic nitrogens is 3. The van der Waals surface area contributed by atoms with Gasteiger partial charge < -0.3 is 19.8 Å². The fourth-order valence-corrected chi connectivity index (χ4v) is 5.40. The van der Waals surface area contributed by atoms with Crippen LogP contribution in [0.15, 0.2) is 47.2 Å². The van der Waals surface area contributed by atoms with Gasteiger partial charge in [-0.1, -0.05) is 50.2 Å². The highest BCUT2D eigenvalue weighted by Gasteiger charge is 2.55. The fraction of sp³-hybridized carbons (Fsp3) is 0.462. The number of rotatable bonds is 6. The van der Waals surface area contributed by atoms with E-state index >= 15 is 0 Å². The Balaban J connectivity index is 1.54. The molecular weight excluding hydrogens is 430 g/mol. The molecule has 0 bridgehead atoms. The molecule has 2 N–H and O–H groups in total. The molecule has 2 fully saturated rings. The molecule has 178 valence electrons. The molecule has 2 aliphatic rings. The minimum atomic E-state index is -1.24. The molecule has 34 heavy (non-hydrogen) atoms. The molecule has 0 spiro atoms. The average molecular weight is 462 g/mol. The molecule has 1 aromatic carbocycles. The van der Waals surface area contributed by atoms with E-state index in [2.05, 4.69) is 65.3 Å². The van der Waals surface area contributed by atoms with Crippen molar-refractivity contribution in [2.45, 2.75) is 44.6 Å². The Hall–Kier alpha value is -3.10. The summed E-state index contributed by atoms with van der Waals surface area (Å²) in [4.78, 5) is 22.7. The maximum absolute atomic E-state index is 12.4. The van der Waals surface area contributed by atoms with Crippen LogP contribution < -0.4 is 5.32 Å². The van der Waals surface area contributed by atoms with E-state index in [1.807, 2.05) is 18.2 Å². The molecule has 1 amide bonds. The molecule has 0 radical (unpaired) electrons. The van der Waals surface area contributed by atoms with E-state index in [4.69, 9.17) is 4.52 Å². The second-order valence-electron chi connectivity index (χ2n) is 10.3. The first-order valence-corrected chi connectivity index (χ1v) is 11.8. The van der Waals surface area contributed by atoms with Crippen molar-refractivity contribution in [1.82, 2.24) is 25.3 Å². The number of pyridine rings is 1. The van der Waals surface area contributed by atoms with Gasteiger partial charge in [0.05, 0.1) is 5.92 Å². The summed E-state index contributed by atoms with van der Waals surface area (Å²) >= 11 is 0. The van der Waals surface area contributed by atoms with Crippen molar-refractivity contribution in [3.63, 3.8) is 0 Å². The van der Waals surface area contributed by atoms with Crippen LogP contribution in [0, 0.1) is 5.41 Å². The van der Waals surface area contributed by atoms with Gasteiger partial charge in [-0.3, -0.25) is 9.78 Å². The quantitative estimate of drug-likeness (QED) is 0.581. The molecule has 5 rings (SSSR count). The lowest BCUT2D eigenvalue weighted by atomic mass is 9.62. The Morgan fingerprint density at radius 2 is 1.94 bits per heavy atom. The number of hydrogen-bond donors (Lipinski definition) is 2. The standard InChI is InChI=1S/C26H31N5O3/c1-16(2)17-5-7-20(8-6-17)26(33,25(3)14-31(4)15-25)21-9-18(11-27-13-21)23-29-24(34-30-23)19-10-22(32)28-12-19/h5-9,11,13,16,19,33H,10,12,14-15H2,1-4H3,(H,28,32)/t19?,26-/m0/s1. The molecule has 2 saturated heterocycles. The van der Waals surface area contributed by atoms with Crippen molar-refractivity contribution in [3.8, 4) is 11.4 Å². The van der Waals surface area contributed by atoms with E-state index in [-0.39, 0.29) is 17.2 Å². The molecule has 3 aromatic rings. The summed E-state index contributed by atoms with van der Waals surface area (Å²) in [5, 5.41) is 19.3. The van der Waals surface area contributed by atoms with Crippen LogP contribution in [0.25, 0.3) is 11.4 Å². The number of hydrogen-bond acceptors (Lipinski definition) is 7. The van der Waals surface area contributed by atoms with Crippen LogP contribution >= 0.6 is 0 Å². The first-order valence-electron chi connectivity index (χ1n) is 11.8. The van der Waals surface area contributed by atoms with Gasteiger partial charge in [0.1, 0.15) is 5.60 Å². The number of likely N-dealkylation sites (tertiary alicyclic amines) is 1. The minimum Gasteiger partial charge on any atom is -0.380 e. The second kappa shape index (κ2) is 8.29. The third kappa shape index (κ3) is 3.71. The van der Waals surface area contributed by atoms with Crippen LogP contribution in [0.1, 0.15) is 61.6 Å². The minimum absolute atomic E-state index is 0.0133. The van der Waals surface area contributed by atoms with Crippen LogP contribution in [0.2, 0.25) is 0 Å². The van der Waals surface area contributed by atoms with Crippen LogP contribution in [-0.4, -0.2) is 57.7 Å². The van der Waals surface area contributed by atoms with Crippen molar-refractivity contribution < 1.29 is 14.4 Å². The summed E-state index contributed by atoms with van der Waals surface area (Å²) in [6.45, 7) is 8.45. The van der Waals surface area contributed by atoms with E-state index in [0.717, 1.165) is 18.7 Å². The average Bonchev–Trinajstić information content (AvgIpc) is 3.47. The van der Waals surface area contributed by atoms with Gasteiger partial charge in [0.2, 0.25) is 17.6 Å². The van der Waals surface area contributed by atoms with Crippen molar-refractivity contribution in [1.29, 1.82) is 0 Å². The largest absolute Gasteiger partial charge is 0.380 e. The Kier molecular flexibility index (Phi) is 5.53. The van der Waals surface area contributed by atoms with Crippen LogP contribution in [-0.2, 0) is 10.4 Å². The Bertz CT molecular complexity index is 1200. The van der Waals surface area contributed by atoms with E-state index in [0.29, 0.717) is 41.7 Å². The molecule has 4 heterocycles. The van der Waals surface area contributed by atoms with Crippen molar-refractivity contribution in [2.24, 2.45) is 5.41 Å².